The maximum atomic E-state index is 10.8. The topological polar surface area (TPSA) is 37.3 Å². The first-order valence-electron chi connectivity index (χ1n) is 3.91. The SMILES string of the molecule is Cc1sc(C(=O)O)c2ccccc12. The molecule has 2 rings (SSSR count). The Morgan fingerprint density at radius 3 is 2.54 bits per heavy atom. The monoisotopic (exact) mass is 192 g/mol. The van der Waals surface area contributed by atoms with Crippen LogP contribution in [0.15, 0.2) is 24.3 Å². The smallest absolute Gasteiger partial charge is 0.346 e. The second-order valence-electron chi connectivity index (χ2n) is 2.84. The van der Waals surface area contributed by atoms with E-state index in [4.69, 9.17) is 5.11 Å². The lowest BCUT2D eigenvalue weighted by molar-refractivity contribution is 0.0704. The predicted molar refractivity (Wildman–Crippen MR) is 53.5 cm³/mol. The van der Waals surface area contributed by atoms with Crippen molar-refractivity contribution in [2.75, 3.05) is 0 Å². The van der Waals surface area contributed by atoms with Crippen LogP contribution in [-0.2, 0) is 0 Å². The molecule has 0 unspecified atom stereocenters. The fourth-order valence-electron chi connectivity index (χ4n) is 1.41. The Kier molecular flexibility index (Phi) is 1.81. The van der Waals surface area contributed by atoms with Crippen LogP contribution in [0, 0.1) is 6.92 Å². The van der Waals surface area contributed by atoms with Gasteiger partial charge in [0.15, 0.2) is 0 Å². The molecular weight excluding hydrogens is 184 g/mol. The highest BCUT2D eigenvalue weighted by molar-refractivity contribution is 7.15. The molecule has 0 aliphatic heterocycles. The summed E-state index contributed by atoms with van der Waals surface area (Å²) >= 11 is 1.34. The van der Waals surface area contributed by atoms with Gasteiger partial charge in [0.05, 0.1) is 0 Å². The van der Waals surface area contributed by atoms with E-state index in [-0.39, 0.29) is 0 Å². The molecule has 13 heavy (non-hydrogen) atoms. The van der Waals surface area contributed by atoms with Crippen LogP contribution in [0.5, 0.6) is 0 Å². The standard InChI is InChI=1S/C10H8O2S/c1-6-7-4-2-3-5-8(7)9(13-6)10(11)12/h2-5H,1H3,(H,11,12). The van der Waals surface area contributed by atoms with E-state index in [0.717, 1.165) is 15.6 Å². The molecule has 0 saturated heterocycles. The minimum atomic E-state index is -0.839. The summed E-state index contributed by atoms with van der Waals surface area (Å²) in [6.45, 7) is 1.94. The number of carbonyl (C=O) groups is 1. The van der Waals surface area contributed by atoms with Gasteiger partial charge in [-0.3, -0.25) is 0 Å². The molecule has 2 aromatic rings. The largest absolute Gasteiger partial charge is 0.477 e. The summed E-state index contributed by atoms with van der Waals surface area (Å²) in [5, 5.41) is 10.8. The zero-order valence-corrected chi connectivity index (χ0v) is 7.89. The molecule has 0 spiro atoms. The zero-order chi connectivity index (χ0) is 9.42. The van der Waals surface area contributed by atoms with Gasteiger partial charge in [-0.25, -0.2) is 4.79 Å². The fourth-order valence-corrected chi connectivity index (χ4v) is 2.38. The van der Waals surface area contributed by atoms with Gasteiger partial charge in [0, 0.05) is 10.3 Å². The highest BCUT2D eigenvalue weighted by atomic mass is 32.1. The highest BCUT2D eigenvalue weighted by Crippen LogP contribution is 2.30. The molecule has 1 N–H and O–H groups in total. The van der Waals surface area contributed by atoms with E-state index in [9.17, 15) is 4.79 Å². The minimum absolute atomic E-state index is 0.438. The molecular formula is C10H8O2S. The molecule has 3 heteroatoms. The lowest BCUT2D eigenvalue weighted by Crippen LogP contribution is -1.91. The molecule has 1 heterocycles. The maximum absolute atomic E-state index is 10.8. The third-order valence-corrected chi connectivity index (χ3v) is 3.13. The fraction of sp³-hybridized carbons (Fsp3) is 0.100. The summed E-state index contributed by atoms with van der Waals surface area (Å²) in [6.07, 6.45) is 0. The third-order valence-electron chi connectivity index (χ3n) is 2.00. The van der Waals surface area contributed by atoms with Crippen LogP contribution in [0.4, 0.5) is 0 Å². The van der Waals surface area contributed by atoms with Crippen molar-refractivity contribution >= 4 is 28.1 Å². The van der Waals surface area contributed by atoms with Gasteiger partial charge in [-0.05, 0) is 12.3 Å². The molecule has 0 fully saturated rings. The van der Waals surface area contributed by atoms with E-state index in [1.807, 2.05) is 31.2 Å². The van der Waals surface area contributed by atoms with Crippen LogP contribution < -0.4 is 0 Å². The second kappa shape index (κ2) is 2.85. The number of thiophene rings is 1. The lowest BCUT2D eigenvalue weighted by Gasteiger charge is -1.90. The number of aromatic carboxylic acids is 1. The van der Waals surface area contributed by atoms with Crippen molar-refractivity contribution in [3.05, 3.63) is 34.0 Å². The number of hydrogen-bond donors (Lipinski definition) is 1. The van der Waals surface area contributed by atoms with Crippen molar-refractivity contribution in [3.8, 4) is 0 Å². The molecule has 66 valence electrons. The van der Waals surface area contributed by atoms with Crippen LogP contribution >= 0.6 is 11.3 Å². The molecule has 1 aromatic carbocycles. The average molecular weight is 192 g/mol. The lowest BCUT2D eigenvalue weighted by atomic mass is 10.1. The average Bonchev–Trinajstić information content (AvgIpc) is 2.45. The first-order valence-corrected chi connectivity index (χ1v) is 4.73. The minimum Gasteiger partial charge on any atom is -0.477 e. The van der Waals surface area contributed by atoms with Gasteiger partial charge in [0.2, 0.25) is 0 Å². The number of hydrogen-bond acceptors (Lipinski definition) is 2. The predicted octanol–water partition coefficient (Wildman–Crippen LogP) is 2.91. The molecule has 0 radical (unpaired) electrons. The number of carboxylic acids is 1. The Morgan fingerprint density at radius 1 is 1.31 bits per heavy atom. The number of benzene rings is 1. The Bertz CT molecular complexity index is 471. The van der Waals surface area contributed by atoms with Crippen LogP contribution in [0.2, 0.25) is 0 Å². The molecule has 0 aliphatic carbocycles. The van der Waals surface area contributed by atoms with E-state index >= 15 is 0 Å². The van der Waals surface area contributed by atoms with Crippen LogP contribution in [-0.4, -0.2) is 11.1 Å². The summed E-state index contributed by atoms with van der Waals surface area (Å²) in [7, 11) is 0. The Hall–Kier alpha value is -1.35. The Balaban J connectivity index is 2.85. The summed E-state index contributed by atoms with van der Waals surface area (Å²) in [4.78, 5) is 12.3. The van der Waals surface area contributed by atoms with E-state index in [2.05, 4.69) is 0 Å². The normalized spacial score (nSPS) is 10.5. The molecule has 1 aromatic heterocycles. The second-order valence-corrected chi connectivity index (χ2v) is 4.06. The summed E-state index contributed by atoms with van der Waals surface area (Å²) in [6, 6.07) is 7.59. The summed E-state index contributed by atoms with van der Waals surface area (Å²) in [5.41, 5.74) is 0. The van der Waals surface area contributed by atoms with Gasteiger partial charge < -0.3 is 5.11 Å². The molecule has 0 aliphatic rings. The van der Waals surface area contributed by atoms with Crippen molar-refractivity contribution in [2.45, 2.75) is 6.92 Å². The first-order chi connectivity index (χ1) is 6.20. The maximum Gasteiger partial charge on any atom is 0.346 e. The third kappa shape index (κ3) is 1.21. The van der Waals surface area contributed by atoms with Crippen LogP contribution in [0.25, 0.3) is 10.8 Å². The first kappa shape index (κ1) is 8.26. The Labute approximate surface area is 79.4 Å². The van der Waals surface area contributed by atoms with Gasteiger partial charge in [-0.2, -0.15) is 0 Å². The molecule has 0 atom stereocenters. The summed E-state index contributed by atoms with van der Waals surface area (Å²) in [5.74, 6) is -0.839. The van der Waals surface area contributed by atoms with Gasteiger partial charge in [0.25, 0.3) is 0 Å². The molecule has 0 bridgehead atoms. The number of fused-ring (bicyclic) bond motifs is 1. The van der Waals surface area contributed by atoms with Crippen molar-refractivity contribution < 1.29 is 9.90 Å². The van der Waals surface area contributed by atoms with Crippen LogP contribution in [0.3, 0.4) is 0 Å². The van der Waals surface area contributed by atoms with E-state index < -0.39 is 5.97 Å². The van der Waals surface area contributed by atoms with E-state index in [1.165, 1.54) is 11.3 Å². The van der Waals surface area contributed by atoms with Crippen molar-refractivity contribution in [1.82, 2.24) is 0 Å². The zero-order valence-electron chi connectivity index (χ0n) is 7.07. The van der Waals surface area contributed by atoms with Gasteiger partial charge >= 0.3 is 5.97 Å². The van der Waals surface area contributed by atoms with Gasteiger partial charge in [-0.1, -0.05) is 24.3 Å². The van der Waals surface area contributed by atoms with Gasteiger partial charge in [0.1, 0.15) is 4.88 Å². The Morgan fingerprint density at radius 2 is 1.92 bits per heavy atom. The number of rotatable bonds is 1. The molecule has 0 saturated carbocycles. The van der Waals surface area contributed by atoms with Gasteiger partial charge in [-0.15, -0.1) is 11.3 Å². The summed E-state index contributed by atoms with van der Waals surface area (Å²) < 4.78 is 0. The van der Waals surface area contributed by atoms with Crippen molar-refractivity contribution in [1.29, 1.82) is 0 Å². The van der Waals surface area contributed by atoms with Crippen molar-refractivity contribution in [3.63, 3.8) is 0 Å². The quantitative estimate of drug-likeness (QED) is 0.754. The van der Waals surface area contributed by atoms with E-state index in [0.29, 0.717) is 4.88 Å². The number of carboxylic acid groups (broad SMARTS) is 1. The number of aryl methyl sites for hydroxylation is 1. The molecule has 0 amide bonds. The molecule has 2 nitrogen and oxygen atoms in total. The van der Waals surface area contributed by atoms with Crippen molar-refractivity contribution in [2.24, 2.45) is 0 Å². The van der Waals surface area contributed by atoms with Crippen LogP contribution in [0.1, 0.15) is 14.5 Å². The highest BCUT2D eigenvalue weighted by Gasteiger charge is 2.12. The van der Waals surface area contributed by atoms with E-state index in [1.54, 1.807) is 0 Å².